The second-order valence-electron chi connectivity index (χ2n) is 4.76. The number of carbonyl (C=O) groups excluding carboxylic acids is 1. The molecule has 1 saturated heterocycles. The molecule has 0 bridgehead atoms. The van der Waals surface area contributed by atoms with Gasteiger partial charge in [-0.15, -0.1) is 0 Å². The van der Waals surface area contributed by atoms with Crippen molar-refractivity contribution in [3.05, 3.63) is 34.2 Å². The number of aryl methyl sites for hydroxylation is 1. The van der Waals surface area contributed by atoms with Crippen molar-refractivity contribution in [1.29, 1.82) is 0 Å². The van der Waals surface area contributed by atoms with E-state index in [1.54, 1.807) is 18.0 Å². The average Bonchev–Trinajstić information content (AvgIpc) is 2.79. The van der Waals surface area contributed by atoms with Crippen LogP contribution in [0.2, 0.25) is 0 Å². The lowest BCUT2D eigenvalue weighted by Crippen LogP contribution is -2.37. The Labute approximate surface area is 110 Å². The zero-order valence-electron chi connectivity index (χ0n) is 10.7. The van der Waals surface area contributed by atoms with Gasteiger partial charge in [-0.3, -0.25) is 14.4 Å². The highest BCUT2D eigenvalue weighted by Crippen LogP contribution is 2.22. The molecule has 6 heteroatoms. The predicted octanol–water partition coefficient (Wildman–Crippen LogP) is 0.465. The van der Waals surface area contributed by atoms with Crippen molar-refractivity contribution in [3.8, 4) is 0 Å². The van der Waals surface area contributed by atoms with Crippen LogP contribution in [-0.2, 0) is 11.8 Å². The first-order chi connectivity index (χ1) is 8.99. The van der Waals surface area contributed by atoms with Gasteiger partial charge in [0.1, 0.15) is 0 Å². The van der Waals surface area contributed by atoms with E-state index in [1.807, 2.05) is 0 Å². The van der Waals surface area contributed by atoms with Crippen LogP contribution < -0.4 is 5.56 Å². The van der Waals surface area contributed by atoms with Gasteiger partial charge in [0.05, 0.1) is 6.42 Å². The molecule has 1 unspecified atom stereocenters. The molecule has 0 aromatic carbocycles. The van der Waals surface area contributed by atoms with Crippen LogP contribution in [0, 0.1) is 0 Å². The molecular weight excluding hydrogens is 248 g/mol. The topological polar surface area (TPSA) is 79.6 Å². The van der Waals surface area contributed by atoms with Crippen molar-refractivity contribution in [1.82, 2.24) is 9.47 Å². The number of hydrogen-bond acceptors (Lipinski definition) is 3. The Morgan fingerprint density at radius 1 is 1.47 bits per heavy atom. The molecule has 0 saturated carbocycles. The lowest BCUT2D eigenvalue weighted by atomic mass is 10.1. The van der Waals surface area contributed by atoms with Gasteiger partial charge in [0.15, 0.2) is 0 Å². The molecule has 1 fully saturated rings. The van der Waals surface area contributed by atoms with E-state index in [9.17, 15) is 14.4 Å². The zero-order valence-corrected chi connectivity index (χ0v) is 10.7. The summed E-state index contributed by atoms with van der Waals surface area (Å²) in [7, 11) is 1.61. The van der Waals surface area contributed by atoms with Crippen LogP contribution in [0.15, 0.2) is 23.1 Å². The van der Waals surface area contributed by atoms with E-state index in [2.05, 4.69) is 0 Å². The third-order valence-electron chi connectivity index (χ3n) is 3.40. The first kappa shape index (κ1) is 13.3. The minimum absolute atomic E-state index is 0.0451. The van der Waals surface area contributed by atoms with Crippen LogP contribution in [0.4, 0.5) is 0 Å². The Morgan fingerprint density at radius 3 is 2.84 bits per heavy atom. The summed E-state index contributed by atoms with van der Waals surface area (Å²) in [6.07, 6.45) is 2.99. The lowest BCUT2D eigenvalue weighted by Gasteiger charge is -2.23. The first-order valence-electron chi connectivity index (χ1n) is 6.18. The predicted molar refractivity (Wildman–Crippen MR) is 68.0 cm³/mol. The fourth-order valence-electron chi connectivity index (χ4n) is 2.36. The monoisotopic (exact) mass is 264 g/mol. The van der Waals surface area contributed by atoms with Crippen LogP contribution >= 0.6 is 0 Å². The van der Waals surface area contributed by atoms with Gasteiger partial charge in [-0.2, -0.15) is 0 Å². The van der Waals surface area contributed by atoms with Crippen LogP contribution in [-0.4, -0.2) is 39.0 Å². The number of rotatable bonds is 3. The maximum atomic E-state index is 12.3. The Morgan fingerprint density at radius 2 is 2.21 bits per heavy atom. The summed E-state index contributed by atoms with van der Waals surface area (Å²) in [4.78, 5) is 36.1. The van der Waals surface area contributed by atoms with Gasteiger partial charge in [0.25, 0.3) is 11.5 Å². The smallest absolute Gasteiger partial charge is 0.305 e. The molecule has 1 aromatic heterocycles. The fraction of sp³-hybridized carbons (Fsp3) is 0.462. The van der Waals surface area contributed by atoms with Crippen molar-refractivity contribution in [2.75, 3.05) is 6.54 Å². The van der Waals surface area contributed by atoms with E-state index in [0.29, 0.717) is 18.5 Å². The Kier molecular flexibility index (Phi) is 3.69. The Balaban J connectivity index is 2.20. The molecule has 0 aliphatic carbocycles. The highest BCUT2D eigenvalue weighted by Gasteiger charge is 2.31. The molecular formula is C13H16N2O4. The molecule has 1 aromatic rings. The molecule has 0 radical (unpaired) electrons. The van der Waals surface area contributed by atoms with Crippen molar-refractivity contribution in [3.63, 3.8) is 0 Å². The van der Waals surface area contributed by atoms with Crippen LogP contribution in [0.25, 0.3) is 0 Å². The van der Waals surface area contributed by atoms with Crippen molar-refractivity contribution in [2.24, 2.45) is 7.05 Å². The number of hydrogen-bond donors (Lipinski definition) is 1. The second-order valence-corrected chi connectivity index (χ2v) is 4.76. The van der Waals surface area contributed by atoms with Gasteiger partial charge in [0.2, 0.25) is 0 Å². The number of amides is 1. The maximum Gasteiger partial charge on any atom is 0.305 e. The standard InChI is InChI=1S/C13H16N2O4/c1-14-6-4-9(7-11(14)16)13(19)15-5-2-3-10(15)8-12(17)18/h4,6-7,10H,2-3,5,8H2,1H3,(H,17,18). The number of aliphatic carboxylic acids is 1. The summed E-state index contributed by atoms with van der Waals surface area (Å²) in [6.45, 7) is 0.548. The van der Waals surface area contributed by atoms with Crippen molar-refractivity contribution >= 4 is 11.9 Å². The highest BCUT2D eigenvalue weighted by molar-refractivity contribution is 5.94. The molecule has 102 valence electrons. The first-order valence-corrected chi connectivity index (χ1v) is 6.18. The largest absolute Gasteiger partial charge is 0.481 e. The number of aromatic nitrogens is 1. The van der Waals surface area contributed by atoms with E-state index in [0.717, 1.165) is 6.42 Å². The van der Waals surface area contributed by atoms with Gasteiger partial charge >= 0.3 is 5.97 Å². The average molecular weight is 264 g/mol. The van der Waals surface area contributed by atoms with E-state index in [4.69, 9.17) is 5.11 Å². The van der Waals surface area contributed by atoms with Crippen molar-refractivity contribution < 1.29 is 14.7 Å². The molecule has 1 aliphatic rings. The van der Waals surface area contributed by atoms with Gasteiger partial charge in [-0.05, 0) is 18.9 Å². The van der Waals surface area contributed by atoms with Gasteiger partial charge in [-0.25, -0.2) is 0 Å². The Hall–Kier alpha value is -2.11. The van der Waals surface area contributed by atoms with E-state index in [1.165, 1.54) is 16.8 Å². The fourth-order valence-corrected chi connectivity index (χ4v) is 2.36. The minimum atomic E-state index is -0.909. The number of carboxylic acids is 1. The highest BCUT2D eigenvalue weighted by atomic mass is 16.4. The molecule has 0 spiro atoms. The number of carbonyl (C=O) groups is 2. The molecule has 1 N–H and O–H groups in total. The third-order valence-corrected chi connectivity index (χ3v) is 3.40. The SMILES string of the molecule is Cn1ccc(C(=O)N2CCCC2CC(=O)O)cc1=O. The molecule has 6 nitrogen and oxygen atoms in total. The zero-order chi connectivity index (χ0) is 14.0. The van der Waals surface area contributed by atoms with E-state index >= 15 is 0 Å². The second kappa shape index (κ2) is 5.26. The van der Waals surface area contributed by atoms with Crippen LogP contribution in [0.1, 0.15) is 29.6 Å². The molecule has 2 rings (SSSR count). The summed E-state index contributed by atoms with van der Waals surface area (Å²) in [5, 5.41) is 8.83. The number of carboxylic acid groups (broad SMARTS) is 1. The normalized spacial score (nSPS) is 18.6. The summed E-state index contributed by atoms with van der Waals surface area (Å²) >= 11 is 0. The van der Waals surface area contributed by atoms with E-state index in [-0.39, 0.29) is 23.9 Å². The number of likely N-dealkylation sites (tertiary alicyclic amines) is 1. The minimum Gasteiger partial charge on any atom is -0.481 e. The number of nitrogens with zero attached hydrogens (tertiary/aromatic N) is 2. The molecule has 2 heterocycles. The summed E-state index contributed by atoms with van der Waals surface area (Å²) in [6, 6.07) is 2.60. The quantitative estimate of drug-likeness (QED) is 0.860. The van der Waals surface area contributed by atoms with Gasteiger partial charge in [0, 0.05) is 37.5 Å². The molecule has 1 atom stereocenters. The van der Waals surface area contributed by atoms with E-state index < -0.39 is 5.97 Å². The van der Waals surface area contributed by atoms with Gasteiger partial charge in [-0.1, -0.05) is 0 Å². The summed E-state index contributed by atoms with van der Waals surface area (Å²) in [5.74, 6) is -1.17. The molecule has 19 heavy (non-hydrogen) atoms. The summed E-state index contributed by atoms with van der Waals surface area (Å²) in [5.41, 5.74) is 0.0696. The van der Waals surface area contributed by atoms with Gasteiger partial charge < -0.3 is 14.6 Å². The van der Waals surface area contributed by atoms with Crippen molar-refractivity contribution in [2.45, 2.75) is 25.3 Å². The molecule has 1 aliphatic heterocycles. The molecule has 1 amide bonds. The Bertz CT molecular complexity index is 564. The lowest BCUT2D eigenvalue weighted by molar-refractivity contribution is -0.137. The maximum absolute atomic E-state index is 12.3. The number of pyridine rings is 1. The third kappa shape index (κ3) is 2.83. The summed E-state index contributed by atoms with van der Waals surface area (Å²) < 4.78 is 1.38. The van der Waals surface area contributed by atoms with Crippen LogP contribution in [0.3, 0.4) is 0 Å². The van der Waals surface area contributed by atoms with Crippen LogP contribution in [0.5, 0.6) is 0 Å².